The zero-order valence-corrected chi connectivity index (χ0v) is 17.2. The van der Waals surface area contributed by atoms with Crippen molar-refractivity contribution in [2.24, 2.45) is 5.92 Å². The number of benzene rings is 2. The van der Waals surface area contributed by atoms with Gasteiger partial charge in [0.15, 0.2) is 0 Å². The number of ether oxygens (including phenoxy) is 1. The number of halogens is 2. The summed E-state index contributed by atoms with van der Waals surface area (Å²) in [5, 5.41) is 5.29. The summed E-state index contributed by atoms with van der Waals surface area (Å²) >= 11 is 0. The molecule has 2 N–H and O–H groups in total. The first-order valence-corrected chi connectivity index (χ1v) is 9.35. The van der Waals surface area contributed by atoms with E-state index in [1.54, 1.807) is 27.9 Å². The van der Waals surface area contributed by atoms with Gasteiger partial charge in [0.05, 0.1) is 13.2 Å². The van der Waals surface area contributed by atoms with Crippen LogP contribution in [0.3, 0.4) is 0 Å². The van der Waals surface area contributed by atoms with Gasteiger partial charge in [0.2, 0.25) is 5.91 Å². The molecular weight excluding hydrogens is 378 g/mol. The summed E-state index contributed by atoms with van der Waals surface area (Å²) in [4.78, 5) is 25.3. The van der Waals surface area contributed by atoms with E-state index in [2.05, 4.69) is 10.6 Å². The highest BCUT2D eigenvalue weighted by atomic mass is 19.1. The highest BCUT2D eigenvalue weighted by Crippen LogP contribution is 2.26. The third-order valence-corrected chi connectivity index (χ3v) is 4.64. The quantitative estimate of drug-likeness (QED) is 0.735. The fourth-order valence-electron chi connectivity index (χ4n) is 3.04. The lowest BCUT2D eigenvalue weighted by atomic mass is 10.00. The van der Waals surface area contributed by atoms with E-state index >= 15 is 0 Å². The average Bonchev–Trinajstić information content (AvgIpc) is 2.65. The molecule has 0 saturated carbocycles. The molecular formula is C22H26F2N2O3. The van der Waals surface area contributed by atoms with Gasteiger partial charge in [-0.1, -0.05) is 37.6 Å². The Kier molecular flexibility index (Phi) is 7.31. The maximum Gasteiger partial charge on any atom is 0.257 e. The van der Waals surface area contributed by atoms with Gasteiger partial charge < -0.3 is 15.4 Å². The van der Waals surface area contributed by atoms with E-state index in [0.717, 1.165) is 23.3 Å². The Morgan fingerprint density at radius 2 is 1.62 bits per heavy atom. The molecule has 0 saturated heterocycles. The zero-order valence-electron chi connectivity index (χ0n) is 17.2. The Bertz CT molecular complexity index is 879. The molecule has 0 aliphatic carbocycles. The van der Waals surface area contributed by atoms with Crippen LogP contribution in [-0.4, -0.2) is 25.0 Å². The summed E-state index contributed by atoms with van der Waals surface area (Å²) in [7, 11) is 1.54. The Morgan fingerprint density at radius 3 is 2.17 bits per heavy atom. The van der Waals surface area contributed by atoms with Gasteiger partial charge in [-0.15, -0.1) is 0 Å². The van der Waals surface area contributed by atoms with Crippen molar-refractivity contribution in [1.82, 2.24) is 10.6 Å². The van der Waals surface area contributed by atoms with Gasteiger partial charge in [-0.3, -0.25) is 9.59 Å². The van der Waals surface area contributed by atoms with E-state index in [0.29, 0.717) is 5.75 Å². The van der Waals surface area contributed by atoms with Crippen LogP contribution in [0.1, 0.15) is 48.3 Å². The Hall–Kier alpha value is -2.96. The Balaban J connectivity index is 2.20. The van der Waals surface area contributed by atoms with Gasteiger partial charge in [0.1, 0.15) is 29.0 Å². The molecule has 29 heavy (non-hydrogen) atoms. The molecule has 7 heteroatoms. The molecule has 2 aromatic carbocycles. The maximum absolute atomic E-state index is 13.9. The number of amides is 2. The van der Waals surface area contributed by atoms with Crippen LogP contribution in [0.2, 0.25) is 0 Å². The van der Waals surface area contributed by atoms with Gasteiger partial charge in [-0.05, 0) is 38.0 Å². The fourth-order valence-corrected chi connectivity index (χ4v) is 3.04. The second-order valence-electron chi connectivity index (χ2n) is 7.27. The molecule has 0 radical (unpaired) electrons. The molecule has 2 amide bonds. The minimum Gasteiger partial charge on any atom is -0.496 e. The van der Waals surface area contributed by atoms with Crippen molar-refractivity contribution in [3.63, 3.8) is 0 Å². The number of rotatable bonds is 7. The van der Waals surface area contributed by atoms with Crippen LogP contribution in [0.25, 0.3) is 0 Å². The highest BCUT2D eigenvalue weighted by molar-refractivity contribution is 5.98. The first kappa shape index (κ1) is 22.3. The van der Waals surface area contributed by atoms with Crippen LogP contribution < -0.4 is 15.4 Å². The molecule has 0 aliphatic heterocycles. The SMILES string of the molecule is COc1ccc(C)cc1C(C)NC(=O)C(NC(=O)c1c(F)cccc1F)C(C)C. The number of carbonyl (C=O) groups is 2. The van der Waals surface area contributed by atoms with Crippen LogP contribution in [0, 0.1) is 24.5 Å². The minimum atomic E-state index is -0.983. The normalized spacial score (nSPS) is 13.0. The first-order chi connectivity index (χ1) is 13.6. The van der Waals surface area contributed by atoms with Crippen molar-refractivity contribution < 1.29 is 23.1 Å². The summed E-state index contributed by atoms with van der Waals surface area (Å²) in [6.07, 6.45) is 0. The summed E-state index contributed by atoms with van der Waals surface area (Å²) in [5.74, 6) is -3.08. The molecule has 2 atom stereocenters. The van der Waals surface area contributed by atoms with E-state index < -0.39 is 41.1 Å². The average molecular weight is 404 g/mol. The van der Waals surface area contributed by atoms with E-state index in [-0.39, 0.29) is 5.92 Å². The molecule has 0 aromatic heterocycles. The first-order valence-electron chi connectivity index (χ1n) is 9.35. The minimum absolute atomic E-state index is 0.305. The van der Waals surface area contributed by atoms with Gasteiger partial charge in [-0.25, -0.2) is 8.78 Å². The largest absolute Gasteiger partial charge is 0.496 e. The summed E-state index contributed by atoms with van der Waals surface area (Å²) < 4.78 is 33.1. The second kappa shape index (κ2) is 9.49. The maximum atomic E-state index is 13.9. The smallest absolute Gasteiger partial charge is 0.257 e. The van der Waals surface area contributed by atoms with Crippen molar-refractivity contribution >= 4 is 11.8 Å². The van der Waals surface area contributed by atoms with Crippen LogP contribution in [0.5, 0.6) is 5.75 Å². The van der Waals surface area contributed by atoms with Crippen molar-refractivity contribution in [3.05, 3.63) is 64.7 Å². The van der Waals surface area contributed by atoms with Gasteiger partial charge in [0, 0.05) is 5.56 Å². The lowest BCUT2D eigenvalue weighted by Crippen LogP contribution is -2.50. The van der Waals surface area contributed by atoms with Crippen molar-refractivity contribution in [1.29, 1.82) is 0 Å². The third-order valence-electron chi connectivity index (χ3n) is 4.64. The molecule has 0 fully saturated rings. The van der Waals surface area contributed by atoms with Crippen molar-refractivity contribution in [3.8, 4) is 5.75 Å². The molecule has 0 spiro atoms. The highest BCUT2D eigenvalue weighted by Gasteiger charge is 2.28. The van der Waals surface area contributed by atoms with E-state index in [1.165, 1.54) is 6.07 Å². The van der Waals surface area contributed by atoms with Crippen molar-refractivity contribution in [2.75, 3.05) is 7.11 Å². The van der Waals surface area contributed by atoms with Gasteiger partial charge >= 0.3 is 0 Å². The van der Waals surface area contributed by atoms with Gasteiger partial charge in [-0.2, -0.15) is 0 Å². The number of carbonyl (C=O) groups excluding carboxylic acids is 2. The van der Waals surface area contributed by atoms with E-state index in [1.807, 2.05) is 25.1 Å². The molecule has 2 rings (SSSR count). The fraction of sp³-hybridized carbons (Fsp3) is 0.364. The number of methoxy groups -OCH3 is 1. The van der Waals surface area contributed by atoms with Crippen LogP contribution in [0.4, 0.5) is 8.78 Å². The summed E-state index contributed by atoms with van der Waals surface area (Å²) in [6, 6.07) is 7.41. The predicted octanol–water partition coefficient (Wildman–Crippen LogP) is 3.91. The van der Waals surface area contributed by atoms with E-state index in [9.17, 15) is 18.4 Å². The molecule has 0 aliphatic rings. The molecule has 5 nitrogen and oxygen atoms in total. The summed E-state index contributed by atoms with van der Waals surface area (Å²) in [5.41, 5.74) is 1.08. The van der Waals surface area contributed by atoms with Crippen molar-refractivity contribution in [2.45, 2.75) is 39.8 Å². The van der Waals surface area contributed by atoms with E-state index in [4.69, 9.17) is 4.74 Å². The monoisotopic (exact) mass is 404 g/mol. The lowest BCUT2D eigenvalue weighted by Gasteiger charge is -2.25. The third kappa shape index (κ3) is 5.31. The molecule has 156 valence electrons. The Labute approximate surface area is 169 Å². The summed E-state index contributed by atoms with van der Waals surface area (Å²) in [6.45, 7) is 7.20. The predicted molar refractivity (Wildman–Crippen MR) is 107 cm³/mol. The number of aryl methyl sites for hydroxylation is 1. The Morgan fingerprint density at radius 1 is 1.00 bits per heavy atom. The van der Waals surface area contributed by atoms with Gasteiger partial charge in [0.25, 0.3) is 5.91 Å². The standard InChI is InChI=1S/C22H26F2N2O3/c1-12(2)20(26-21(27)19-16(23)7-6-8-17(19)24)22(28)25-14(4)15-11-13(3)9-10-18(15)29-5/h6-12,14,20H,1-5H3,(H,25,28)(H,26,27). The van der Waals surface area contributed by atoms with Crippen LogP contribution in [0.15, 0.2) is 36.4 Å². The topological polar surface area (TPSA) is 67.4 Å². The number of hydrogen-bond donors (Lipinski definition) is 2. The molecule has 2 aromatic rings. The number of hydrogen-bond acceptors (Lipinski definition) is 3. The zero-order chi connectivity index (χ0) is 21.7. The molecule has 0 bridgehead atoms. The second-order valence-corrected chi connectivity index (χ2v) is 7.27. The molecule has 2 unspecified atom stereocenters. The van der Waals surface area contributed by atoms with Crippen LogP contribution in [-0.2, 0) is 4.79 Å². The number of nitrogens with one attached hydrogen (secondary N) is 2. The van der Waals surface area contributed by atoms with Crippen LogP contribution >= 0.6 is 0 Å². The lowest BCUT2D eigenvalue weighted by molar-refractivity contribution is -0.124. The molecule has 0 heterocycles.